The lowest BCUT2D eigenvalue weighted by Crippen LogP contribution is -2.63. The molecule has 5 heteroatoms. The Labute approximate surface area is 153 Å². The third-order valence-electron chi connectivity index (χ3n) is 5.64. The average Bonchev–Trinajstić information content (AvgIpc) is 2.69. The van der Waals surface area contributed by atoms with Crippen LogP contribution in [0.3, 0.4) is 0 Å². The quantitative estimate of drug-likeness (QED) is 0.339. The minimum absolute atomic E-state index is 0.00623. The SMILES string of the molecule is COC(=O)/C=C/[C@@]12C=C[C@@H](C[C@@H]1Cc1ccccc1)C(OC)(OC)C2=O. The highest BCUT2D eigenvalue weighted by Crippen LogP contribution is 2.54. The van der Waals surface area contributed by atoms with Crippen molar-refractivity contribution in [3.63, 3.8) is 0 Å². The lowest BCUT2D eigenvalue weighted by molar-refractivity contribution is -0.244. The summed E-state index contributed by atoms with van der Waals surface area (Å²) in [4.78, 5) is 25.2. The molecule has 1 aromatic carbocycles. The molecule has 0 N–H and O–H groups in total. The van der Waals surface area contributed by atoms with E-state index in [9.17, 15) is 9.59 Å². The monoisotopic (exact) mass is 356 g/mol. The highest BCUT2D eigenvalue weighted by molar-refractivity contribution is 5.98. The van der Waals surface area contributed by atoms with Gasteiger partial charge < -0.3 is 14.2 Å². The minimum Gasteiger partial charge on any atom is -0.466 e. The number of benzene rings is 1. The van der Waals surface area contributed by atoms with Crippen molar-refractivity contribution in [3.05, 3.63) is 60.2 Å². The first kappa shape index (κ1) is 18.5. The van der Waals surface area contributed by atoms with Crippen LogP contribution in [0.25, 0.3) is 0 Å². The predicted octanol–water partition coefficient (Wildman–Crippen LogP) is 2.71. The van der Waals surface area contributed by atoms with Gasteiger partial charge in [-0.1, -0.05) is 48.6 Å². The van der Waals surface area contributed by atoms with E-state index in [0.717, 1.165) is 18.4 Å². The first-order valence-corrected chi connectivity index (χ1v) is 8.68. The molecule has 0 unspecified atom stereocenters. The fourth-order valence-corrected chi connectivity index (χ4v) is 4.27. The van der Waals surface area contributed by atoms with Crippen LogP contribution in [0.4, 0.5) is 0 Å². The zero-order chi connectivity index (χ0) is 18.8. The van der Waals surface area contributed by atoms with Gasteiger partial charge in [0.05, 0.1) is 12.5 Å². The van der Waals surface area contributed by atoms with Crippen molar-refractivity contribution < 1.29 is 23.8 Å². The number of rotatable bonds is 6. The lowest BCUT2D eigenvalue weighted by Gasteiger charge is -2.53. The summed E-state index contributed by atoms with van der Waals surface area (Å²) >= 11 is 0. The Balaban J connectivity index is 2.04. The number of Topliss-reactive ketones (excluding diaryl/α,β-unsaturated/α-hetero) is 1. The molecule has 0 heterocycles. The second-order valence-corrected chi connectivity index (χ2v) is 6.78. The summed E-state index contributed by atoms with van der Waals surface area (Å²) in [5.74, 6) is -2.14. The van der Waals surface area contributed by atoms with Crippen LogP contribution in [-0.4, -0.2) is 38.9 Å². The molecule has 138 valence electrons. The maximum Gasteiger partial charge on any atom is 0.330 e. The van der Waals surface area contributed by atoms with Crippen molar-refractivity contribution in [2.75, 3.05) is 21.3 Å². The van der Waals surface area contributed by atoms with Gasteiger partial charge in [0, 0.05) is 26.2 Å². The molecule has 3 aliphatic carbocycles. The Bertz CT molecular complexity index is 732. The summed E-state index contributed by atoms with van der Waals surface area (Å²) < 4.78 is 15.8. The fourth-order valence-electron chi connectivity index (χ4n) is 4.27. The van der Waals surface area contributed by atoms with E-state index in [2.05, 4.69) is 0 Å². The molecule has 26 heavy (non-hydrogen) atoms. The molecule has 0 radical (unpaired) electrons. The molecule has 0 saturated heterocycles. The highest BCUT2D eigenvalue weighted by Gasteiger charge is 2.63. The van der Waals surface area contributed by atoms with Crippen molar-refractivity contribution in [1.82, 2.24) is 0 Å². The van der Waals surface area contributed by atoms with Crippen LogP contribution in [0.1, 0.15) is 12.0 Å². The number of hydrogen-bond donors (Lipinski definition) is 0. The molecule has 3 aliphatic rings. The van der Waals surface area contributed by atoms with Crippen LogP contribution in [0, 0.1) is 17.3 Å². The Morgan fingerprint density at radius 3 is 2.50 bits per heavy atom. The first-order chi connectivity index (χ1) is 12.5. The summed E-state index contributed by atoms with van der Waals surface area (Å²) in [6.07, 6.45) is 8.28. The van der Waals surface area contributed by atoms with Crippen LogP contribution < -0.4 is 0 Å². The van der Waals surface area contributed by atoms with Crippen LogP contribution in [-0.2, 0) is 30.2 Å². The third kappa shape index (κ3) is 2.81. The van der Waals surface area contributed by atoms with E-state index >= 15 is 0 Å². The van der Waals surface area contributed by atoms with Crippen molar-refractivity contribution in [3.8, 4) is 0 Å². The zero-order valence-electron chi connectivity index (χ0n) is 15.3. The third-order valence-corrected chi connectivity index (χ3v) is 5.64. The molecule has 0 aromatic heterocycles. The van der Waals surface area contributed by atoms with Gasteiger partial charge >= 0.3 is 5.97 Å². The number of ether oxygens (including phenoxy) is 3. The lowest BCUT2D eigenvalue weighted by atomic mass is 9.54. The first-order valence-electron chi connectivity index (χ1n) is 8.68. The van der Waals surface area contributed by atoms with Gasteiger partial charge in [0.25, 0.3) is 0 Å². The Morgan fingerprint density at radius 1 is 1.19 bits per heavy atom. The van der Waals surface area contributed by atoms with Crippen LogP contribution >= 0.6 is 0 Å². The van der Waals surface area contributed by atoms with Crippen LogP contribution in [0.2, 0.25) is 0 Å². The molecule has 0 aliphatic heterocycles. The smallest absolute Gasteiger partial charge is 0.330 e. The Hall–Kier alpha value is -2.24. The molecule has 5 nitrogen and oxygen atoms in total. The number of carbonyl (C=O) groups is 2. The summed E-state index contributed by atoms with van der Waals surface area (Å²) in [7, 11) is 4.29. The van der Waals surface area contributed by atoms with E-state index < -0.39 is 17.2 Å². The second-order valence-electron chi connectivity index (χ2n) is 6.78. The van der Waals surface area contributed by atoms with Crippen molar-refractivity contribution in [2.24, 2.45) is 17.3 Å². The van der Waals surface area contributed by atoms with Crippen LogP contribution in [0.5, 0.6) is 0 Å². The molecular formula is C21H24O5. The zero-order valence-corrected chi connectivity index (χ0v) is 15.3. The van der Waals surface area contributed by atoms with Crippen molar-refractivity contribution in [2.45, 2.75) is 18.6 Å². The summed E-state index contributed by atoms with van der Waals surface area (Å²) in [6.45, 7) is 0. The average molecular weight is 356 g/mol. The van der Waals surface area contributed by atoms with E-state index in [4.69, 9.17) is 14.2 Å². The number of ketones is 1. The normalized spacial score (nSPS) is 29.3. The topological polar surface area (TPSA) is 61.8 Å². The van der Waals surface area contributed by atoms with Gasteiger partial charge in [0.2, 0.25) is 11.6 Å². The number of methoxy groups -OCH3 is 3. The number of fused-ring (bicyclic) bond motifs is 2. The van der Waals surface area contributed by atoms with Gasteiger partial charge in [-0.25, -0.2) is 4.79 Å². The molecule has 1 saturated carbocycles. The number of allylic oxidation sites excluding steroid dienone is 2. The number of carbonyl (C=O) groups excluding carboxylic acids is 2. The molecule has 0 amide bonds. The van der Waals surface area contributed by atoms with Gasteiger partial charge in [0.15, 0.2) is 0 Å². The Kier molecular flexibility index (Phi) is 5.12. The minimum atomic E-state index is -1.32. The number of hydrogen-bond acceptors (Lipinski definition) is 5. The number of esters is 1. The van der Waals surface area contributed by atoms with E-state index in [1.54, 1.807) is 6.08 Å². The summed E-state index contributed by atoms with van der Waals surface area (Å²) in [5, 5.41) is 0. The second kappa shape index (κ2) is 7.17. The maximum atomic E-state index is 13.5. The van der Waals surface area contributed by atoms with E-state index in [1.165, 1.54) is 27.4 Å². The summed E-state index contributed by atoms with van der Waals surface area (Å²) in [6, 6.07) is 10.0. The Morgan fingerprint density at radius 2 is 1.88 bits per heavy atom. The molecule has 1 fully saturated rings. The van der Waals surface area contributed by atoms with E-state index in [0.29, 0.717) is 0 Å². The molecule has 1 aromatic rings. The van der Waals surface area contributed by atoms with Crippen molar-refractivity contribution in [1.29, 1.82) is 0 Å². The predicted molar refractivity (Wildman–Crippen MR) is 96.2 cm³/mol. The van der Waals surface area contributed by atoms with Gasteiger partial charge in [0.1, 0.15) is 0 Å². The molecular weight excluding hydrogens is 332 g/mol. The van der Waals surface area contributed by atoms with Crippen LogP contribution in [0.15, 0.2) is 54.6 Å². The van der Waals surface area contributed by atoms with E-state index in [1.807, 2.05) is 42.5 Å². The molecule has 0 spiro atoms. The standard InChI is InChI=1S/C21H24O5/c1-24-18(22)10-12-20-11-9-16(21(25-2,26-3)19(20)23)14-17(20)13-15-7-5-4-6-8-15/h4-12,16-17H,13-14H2,1-3H3/b12-10+/t16-,17-,20-/m0/s1. The van der Waals surface area contributed by atoms with Crippen molar-refractivity contribution >= 4 is 11.8 Å². The largest absolute Gasteiger partial charge is 0.466 e. The van der Waals surface area contributed by atoms with Gasteiger partial charge in [-0.05, 0) is 24.3 Å². The van der Waals surface area contributed by atoms with Gasteiger partial charge in [-0.2, -0.15) is 0 Å². The maximum absolute atomic E-state index is 13.5. The fraction of sp³-hybridized carbons (Fsp3) is 0.429. The van der Waals surface area contributed by atoms with Gasteiger partial charge in [-0.15, -0.1) is 0 Å². The van der Waals surface area contributed by atoms with Gasteiger partial charge in [-0.3, -0.25) is 4.79 Å². The van der Waals surface area contributed by atoms with E-state index in [-0.39, 0.29) is 17.6 Å². The molecule has 4 rings (SSSR count). The summed E-state index contributed by atoms with van der Waals surface area (Å²) in [5.41, 5.74) is 0.183. The molecule has 2 bridgehead atoms. The molecule has 3 atom stereocenters. The highest BCUT2D eigenvalue weighted by atomic mass is 16.7.